The molecule has 0 radical (unpaired) electrons. The van der Waals surface area contributed by atoms with Crippen molar-refractivity contribution in [1.29, 1.82) is 0 Å². The fourth-order valence-corrected chi connectivity index (χ4v) is 5.97. The first kappa shape index (κ1) is 33.9. The Balaban J connectivity index is 2.11. The maximum absolute atomic E-state index is 14.0. The van der Waals surface area contributed by atoms with Gasteiger partial charge in [0, 0.05) is 13.1 Å². The molecule has 7 nitrogen and oxygen atoms in total. The average molecular weight is 638 g/mol. The smallest absolute Gasteiger partial charge is 0.354 e. The van der Waals surface area contributed by atoms with E-state index in [-0.39, 0.29) is 11.4 Å². The van der Waals surface area contributed by atoms with E-state index in [9.17, 15) is 31.2 Å². The predicted molar refractivity (Wildman–Crippen MR) is 161 cm³/mol. The summed E-state index contributed by atoms with van der Waals surface area (Å²) in [7, 11) is -4.54. The lowest BCUT2D eigenvalue weighted by Gasteiger charge is -2.32. The van der Waals surface area contributed by atoms with Crippen LogP contribution in [0.4, 0.5) is 18.9 Å². The molecule has 0 fully saturated rings. The van der Waals surface area contributed by atoms with Crippen LogP contribution in [0.15, 0.2) is 71.6 Å². The van der Waals surface area contributed by atoms with Crippen LogP contribution in [-0.2, 0) is 32.3 Å². The minimum Gasteiger partial charge on any atom is -0.354 e. The quantitative estimate of drug-likeness (QED) is 0.230. The third-order valence-electron chi connectivity index (χ3n) is 7.03. The molecule has 12 heteroatoms. The Bertz CT molecular complexity index is 1550. The molecule has 1 atom stereocenters. The van der Waals surface area contributed by atoms with Gasteiger partial charge in [0.1, 0.15) is 12.6 Å². The molecule has 3 rings (SSSR count). The van der Waals surface area contributed by atoms with Crippen molar-refractivity contribution < 1.29 is 31.2 Å². The predicted octanol–water partition coefficient (Wildman–Crippen LogP) is 6.50. The molecule has 0 bridgehead atoms. The van der Waals surface area contributed by atoms with Crippen molar-refractivity contribution in [2.45, 2.75) is 64.2 Å². The Morgan fingerprint density at radius 1 is 1.00 bits per heavy atom. The van der Waals surface area contributed by atoms with Gasteiger partial charge in [0.05, 0.1) is 21.2 Å². The van der Waals surface area contributed by atoms with Crippen LogP contribution >= 0.6 is 11.6 Å². The summed E-state index contributed by atoms with van der Waals surface area (Å²) in [5, 5.41) is 2.17. The fourth-order valence-electron chi connectivity index (χ4n) is 4.34. The molecule has 232 valence electrons. The number of nitrogens with zero attached hydrogens (tertiary/aromatic N) is 2. The summed E-state index contributed by atoms with van der Waals surface area (Å²) in [5.41, 5.74) is 0.684. The molecule has 0 aliphatic carbocycles. The zero-order valence-electron chi connectivity index (χ0n) is 24.4. The van der Waals surface area contributed by atoms with E-state index in [0.29, 0.717) is 16.9 Å². The second-order valence-corrected chi connectivity index (χ2v) is 12.5. The summed E-state index contributed by atoms with van der Waals surface area (Å²) in [5.74, 6) is -1.21. The van der Waals surface area contributed by atoms with Gasteiger partial charge in [-0.05, 0) is 68.7 Å². The monoisotopic (exact) mass is 637 g/mol. The van der Waals surface area contributed by atoms with Crippen molar-refractivity contribution in [3.63, 3.8) is 0 Å². The molecular formula is C31H35ClF3N3O4S. The van der Waals surface area contributed by atoms with Gasteiger partial charge in [-0.15, -0.1) is 0 Å². The van der Waals surface area contributed by atoms with Crippen LogP contribution in [0.3, 0.4) is 0 Å². The maximum atomic E-state index is 14.0. The van der Waals surface area contributed by atoms with Gasteiger partial charge in [-0.2, -0.15) is 13.2 Å². The number of carbonyl (C=O) groups is 2. The Morgan fingerprint density at radius 2 is 1.65 bits per heavy atom. The number of halogens is 4. The molecule has 0 saturated heterocycles. The highest BCUT2D eigenvalue weighted by atomic mass is 35.5. The number of benzene rings is 3. The summed E-state index contributed by atoms with van der Waals surface area (Å²) >= 11 is 5.82. The van der Waals surface area contributed by atoms with E-state index in [2.05, 4.69) is 5.32 Å². The normalized spacial score (nSPS) is 12.5. The number of anilines is 1. The number of amides is 2. The molecular weight excluding hydrogens is 603 g/mol. The number of carbonyl (C=O) groups excluding carboxylic acids is 2. The summed E-state index contributed by atoms with van der Waals surface area (Å²) in [6.45, 7) is 6.58. The van der Waals surface area contributed by atoms with Crippen molar-refractivity contribution in [1.82, 2.24) is 10.2 Å². The minimum atomic E-state index is -4.88. The second-order valence-electron chi connectivity index (χ2n) is 10.3. The van der Waals surface area contributed by atoms with Crippen LogP contribution in [0, 0.1) is 13.8 Å². The first-order valence-corrected chi connectivity index (χ1v) is 15.6. The first-order chi connectivity index (χ1) is 20.2. The number of aryl methyl sites for hydroxylation is 2. The largest absolute Gasteiger partial charge is 0.417 e. The SMILES string of the molecule is CCCCNC(=O)C(C)N(Cc1ccccc1C)C(=O)CN(c1ccc(Cl)c(C(F)(F)F)c1)S(=O)(=O)c1ccc(C)cc1. The number of hydrogen-bond donors (Lipinski definition) is 1. The topological polar surface area (TPSA) is 86.8 Å². The van der Waals surface area contributed by atoms with Crippen LogP contribution in [0.5, 0.6) is 0 Å². The molecule has 1 N–H and O–H groups in total. The van der Waals surface area contributed by atoms with Crippen LogP contribution in [0.1, 0.15) is 48.9 Å². The molecule has 0 aliphatic heterocycles. The number of nitrogens with one attached hydrogen (secondary N) is 1. The van der Waals surface area contributed by atoms with Crippen molar-refractivity contribution in [2.24, 2.45) is 0 Å². The lowest BCUT2D eigenvalue weighted by atomic mass is 10.1. The Hall–Kier alpha value is -3.57. The molecule has 0 aliphatic rings. The minimum absolute atomic E-state index is 0.0271. The van der Waals surface area contributed by atoms with E-state index in [4.69, 9.17) is 11.6 Å². The van der Waals surface area contributed by atoms with E-state index in [0.717, 1.165) is 41.7 Å². The fraction of sp³-hybridized carbons (Fsp3) is 0.355. The van der Waals surface area contributed by atoms with E-state index in [1.165, 1.54) is 24.0 Å². The van der Waals surface area contributed by atoms with E-state index >= 15 is 0 Å². The molecule has 1 unspecified atom stereocenters. The van der Waals surface area contributed by atoms with Gasteiger partial charge in [-0.3, -0.25) is 13.9 Å². The standard InChI is InChI=1S/C31H35ClF3N3O4S/c1-5-6-17-36-30(40)23(4)37(19-24-10-8-7-9-22(24)3)29(39)20-38(43(41,42)26-14-11-21(2)12-15-26)25-13-16-28(32)27(18-25)31(33,34)35/h7-16,18,23H,5-6,17,19-20H2,1-4H3,(H,36,40). The number of sulfonamides is 1. The van der Waals surface area contributed by atoms with Gasteiger partial charge >= 0.3 is 6.18 Å². The molecule has 43 heavy (non-hydrogen) atoms. The zero-order chi connectivity index (χ0) is 31.9. The zero-order valence-corrected chi connectivity index (χ0v) is 26.0. The van der Waals surface area contributed by atoms with Crippen molar-refractivity contribution in [3.05, 3.63) is 94.0 Å². The molecule has 0 saturated carbocycles. The molecule has 3 aromatic carbocycles. The molecule has 0 aromatic heterocycles. The summed E-state index contributed by atoms with van der Waals surface area (Å²) in [4.78, 5) is 28.1. The average Bonchev–Trinajstić information content (AvgIpc) is 2.95. The summed E-state index contributed by atoms with van der Waals surface area (Å²) < 4.78 is 69.8. The Morgan fingerprint density at radius 3 is 2.26 bits per heavy atom. The van der Waals surface area contributed by atoms with Crippen molar-refractivity contribution >= 4 is 39.1 Å². The highest BCUT2D eigenvalue weighted by Gasteiger charge is 2.37. The van der Waals surface area contributed by atoms with Crippen LogP contribution in [0.25, 0.3) is 0 Å². The summed E-state index contributed by atoms with van der Waals surface area (Å²) in [6.07, 6.45) is -3.31. The van der Waals surface area contributed by atoms with Gasteiger partial charge < -0.3 is 10.2 Å². The van der Waals surface area contributed by atoms with Gasteiger partial charge in [-0.1, -0.05) is 66.9 Å². The highest BCUT2D eigenvalue weighted by molar-refractivity contribution is 7.92. The number of unbranched alkanes of at least 4 members (excludes halogenated alkanes) is 1. The second kappa shape index (κ2) is 14.3. The van der Waals surface area contributed by atoms with Crippen LogP contribution in [0.2, 0.25) is 5.02 Å². The van der Waals surface area contributed by atoms with Gasteiger partial charge in [0.15, 0.2) is 0 Å². The van der Waals surface area contributed by atoms with Crippen molar-refractivity contribution in [2.75, 3.05) is 17.4 Å². The summed E-state index contributed by atoms with van der Waals surface area (Å²) in [6, 6.07) is 14.6. The Kier molecular flexibility index (Phi) is 11.3. The van der Waals surface area contributed by atoms with Gasteiger partial charge in [0.2, 0.25) is 11.8 Å². The van der Waals surface area contributed by atoms with Crippen LogP contribution < -0.4 is 9.62 Å². The number of alkyl halides is 3. The molecule has 0 heterocycles. The maximum Gasteiger partial charge on any atom is 0.417 e. The van der Waals surface area contributed by atoms with Crippen LogP contribution in [-0.4, -0.2) is 44.3 Å². The first-order valence-electron chi connectivity index (χ1n) is 13.7. The van der Waals surface area contributed by atoms with Crippen molar-refractivity contribution in [3.8, 4) is 0 Å². The van der Waals surface area contributed by atoms with E-state index < -0.39 is 56.9 Å². The highest BCUT2D eigenvalue weighted by Crippen LogP contribution is 2.38. The van der Waals surface area contributed by atoms with E-state index in [1.807, 2.05) is 26.0 Å². The Labute approximate surface area is 255 Å². The lowest BCUT2D eigenvalue weighted by molar-refractivity contribution is -0.139. The lowest BCUT2D eigenvalue weighted by Crippen LogP contribution is -2.51. The third-order valence-corrected chi connectivity index (χ3v) is 9.15. The van der Waals surface area contributed by atoms with Gasteiger partial charge in [0.25, 0.3) is 10.0 Å². The number of hydrogen-bond acceptors (Lipinski definition) is 4. The molecule has 2 amide bonds. The molecule has 0 spiro atoms. The van der Waals surface area contributed by atoms with E-state index in [1.54, 1.807) is 31.2 Å². The number of rotatable bonds is 12. The third kappa shape index (κ3) is 8.51. The van der Waals surface area contributed by atoms with Gasteiger partial charge in [-0.25, -0.2) is 8.42 Å². The molecule has 3 aromatic rings.